The van der Waals surface area contributed by atoms with E-state index >= 15 is 0 Å². The maximum atomic E-state index is 3.50. The van der Waals surface area contributed by atoms with Crippen molar-refractivity contribution >= 4 is 15.8 Å². The van der Waals surface area contributed by atoms with Crippen molar-refractivity contribution in [1.82, 2.24) is 0 Å². The second kappa shape index (κ2) is 10.8. The van der Waals surface area contributed by atoms with Crippen LogP contribution in [-0.4, -0.2) is 20.6 Å². The van der Waals surface area contributed by atoms with Crippen LogP contribution in [0.5, 0.6) is 0 Å². The number of hydrogen-bond acceptors (Lipinski definition) is 0. The molecule has 2 aliphatic carbocycles. The zero-order valence-corrected chi connectivity index (χ0v) is 23.9. The van der Waals surface area contributed by atoms with Gasteiger partial charge in [0.05, 0.1) is 0 Å². The molecule has 0 heterocycles. The second-order valence-corrected chi connectivity index (χ2v) is 19.4. The third-order valence-corrected chi connectivity index (χ3v) is 11.5. The summed E-state index contributed by atoms with van der Waals surface area (Å²) in [6.07, 6.45) is 18.0. The minimum atomic E-state index is -0.125. The van der Waals surface area contributed by atoms with E-state index in [1.165, 1.54) is 10.6 Å². The van der Waals surface area contributed by atoms with Crippen LogP contribution >= 0.6 is 15.8 Å². The molecule has 0 spiro atoms. The summed E-state index contributed by atoms with van der Waals surface area (Å²) >= 11 is 0. The molecule has 0 saturated heterocycles. The van der Waals surface area contributed by atoms with Gasteiger partial charge in [0.25, 0.3) is 0 Å². The molecular formula is C26H44FeP2. The fraction of sp³-hybridized carbons (Fsp3) is 0.692. The summed E-state index contributed by atoms with van der Waals surface area (Å²) in [4.78, 5) is 0. The molecule has 0 bridgehead atoms. The first kappa shape index (κ1) is 29.3. The molecule has 0 radical (unpaired) electrons. The molecule has 0 saturated carbocycles. The average Bonchev–Trinajstić information content (AvgIpc) is 3.06. The molecule has 0 aliphatic heterocycles. The number of rotatable bonds is 2. The van der Waals surface area contributed by atoms with Crippen LogP contribution in [0.4, 0.5) is 0 Å². The van der Waals surface area contributed by atoms with Gasteiger partial charge in [-0.1, -0.05) is 83.1 Å². The monoisotopic (exact) mass is 474 g/mol. The van der Waals surface area contributed by atoms with Crippen LogP contribution in [0.3, 0.4) is 0 Å². The van der Waals surface area contributed by atoms with Gasteiger partial charge in [-0.05, 0) is 20.6 Å². The molecule has 0 atom stereocenters. The summed E-state index contributed by atoms with van der Waals surface area (Å²) in [7, 11) is -0.250. The summed E-state index contributed by atoms with van der Waals surface area (Å²) in [5, 5.41) is 4.46. The quantitative estimate of drug-likeness (QED) is 0.212. The summed E-state index contributed by atoms with van der Waals surface area (Å²) in [5.41, 5.74) is 0. The Balaban J connectivity index is 0.000000523. The number of hydrogen-bond donors (Lipinski definition) is 0. The van der Waals surface area contributed by atoms with E-state index in [-0.39, 0.29) is 32.9 Å². The van der Waals surface area contributed by atoms with Crippen LogP contribution in [0.1, 0.15) is 95.9 Å². The SMILES string of the molecule is CC(C)(C)P(C1=[C-]CC=C1)C(C)(C)C.CC(C)(C)P(C1=[C-]CC=C1)C(C)(C)C.[Fe+2]. The normalized spacial score (nSPS) is 17.2. The molecule has 0 amide bonds. The first-order valence-corrected chi connectivity index (χ1v) is 13.3. The smallest absolute Gasteiger partial charge is 0.265 e. The Kier molecular flexibility index (Phi) is 10.9. The van der Waals surface area contributed by atoms with Crippen molar-refractivity contribution in [1.29, 1.82) is 0 Å². The van der Waals surface area contributed by atoms with E-state index in [1.807, 2.05) is 0 Å². The molecule has 2 aliphatic rings. The standard InChI is InChI=1S/2C13H22P.Fe/c2*1-12(2,3)14(13(4,5)6)11-9-7-8-10-11;/h2*7,9H,8H2,1-6H3;/q2*-1;+2. The van der Waals surface area contributed by atoms with Crippen LogP contribution in [0, 0.1) is 12.2 Å². The van der Waals surface area contributed by atoms with Crippen molar-refractivity contribution in [2.75, 3.05) is 0 Å². The third kappa shape index (κ3) is 9.16. The van der Waals surface area contributed by atoms with Crippen LogP contribution in [-0.2, 0) is 17.1 Å². The summed E-state index contributed by atoms with van der Waals surface area (Å²) in [6.45, 7) is 28.2. The molecule has 0 aromatic rings. The average molecular weight is 474 g/mol. The van der Waals surface area contributed by atoms with Crippen molar-refractivity contribution in [3.05, 3.63) is 47.1 Å². The fourth-order valence-electron chi connectivity index (χ4n) is 4.55. The molecule has 0 fully saturated rings. The Bertz CT molecular complexity index is 552. The van der Waals surface area contributed by atoms with Gasteiger partial charge < -0.3 is 0 Å². The maximum Gasteiger partial charge on any atom is 2.00 e. The first-order chi connectivity index (χ1) is 12.5. The van der Waals surface area contributed by atoms with Crippen molar-refractivity contribution in [3.63, 3.8) is 0 Å². The molecule has 29 heavy (non-hydrogen) atoms. The number of allylic oxidation sites excluding steroid dienone is 8. The molecule has 0 unspecified atom stereocenters. The van der Waals surface area contributed by atoms with Crippen LogP contribution in [0.15, 0.2) is 34.9 Å². The molecule has 166 valence electrons. The molecular weight excluding hydrogens is 430 g/mol. The van der Waals surface area contributed by atoms with E-state index in [2.05, 4.69) is 120 Å². The molecule has 0 aromatic carbocycles. The van der Waals surface area contributed by atoms with Crippen LogP contribution < -0.4 is 0 Å². The van der Waals surface area contributed by atoms with Crippen molar-refractivity contribution in [3.8, 4) is 0 Å². The molecule has 3 heteroatoms. The largest absolute Gasteiger partial charge is 2.00 e. The van der Waals surface area contributed by atoms with E-state index in [4.69, 9.17) is 0 Å². The summed E-state index contributed by atoms with van der Waals surface area (Å²) in [6, 6.07) is 0. The van der Waals surface area contributed by atoms with Crippen molar-refractivity contribution in [2.24, 2.45) is 0 Å². The van der Waals surface area contributed by atoms with Gasteiger partial charge in [-0.25, -0.2) is 12.2 Å². The summed E-state index contributed by atoms with van der Waals surface area (Å²) < 4.78 is 0. The van der Waals surface area contributed by atoms with Gasteiger partial charge in [0.1, 0.15) is 0 Å². The van der Waals surface area contributed by atoms with Crippen molar-refractivity contribution < 1.29 is 17.1 Å². The van der Waals surface area contributed by atoms with Gasteiger partial charge in [-0.2, -0.15) is 22.8 Å². The van der Waals surface area contributed by atoms with E-state index in [1.54, 1.807) is 0 Å². The van der Waals surface area contributed by atoms with Gasteiger partial charge in [-0.3, -0.25) is 12.2 Å². The molecule has 2 rings (SSSR count). The second-order valence-electron chi connectivity index (χ2n) is 11.7. The van der Waals surface area contributed by atoms with E-state index in [0.29, 0.717) is 20.6 Å². The Labute approximate surface area is 196 Å². The third-order valence-electron chi connectivity index (χ3n) is 4.52. The van der Waals surface area contributed by atoms with E-state index < -0.39 is 0 Å². The summed E-state index contributed by atoms with van der Waals surface area (Å²) in [5.74, 6) is 0. The van der Waals surface area contributed by atoms with Gasteiger partial charge in [0.15, 0.2) is 0 Å². The van der Waals surface area contributed by atoms with Crippen LogP contribution in [0.25, 0.3) is 0 Å². The van der Waals surface area contributed by atoms with Crippen molar-refractivity contribution in [2.45, 2.75) is 117 Å². The Morgan fingerprint density at radius 2 is 0.793 bits per heavy atom. The van der Waals surface area contributed by atoms with Gasteiger partial charge in [-0.15, -0.1) is 28.7 Å². The fourth-order valence-corrected chi connectivity index (χ4v) is 12.5. The minimum Gasteiger partial charge on any atom is -0.265 e. The molecule has 0 aromatic heterocycles. The molecule has 0 N–H and O–H groups in total. The Hall–Kier alpha value is 0.339. The first-order valence-electron chi connectivity index (χ1n) is 10.6. The van der Waals surface area contributed by atoms with Crippen LogP contribution in [0.2, 0.25) is 0 Å². The molecule has 0 nitrogen and oxygen atoms in total. The predicted octanol–water partition coefficient (Wildman–Crippen LogP) is 9.42. The van der Waals surface area contributed by atoms with Gasteiger partial charge in [0, 0.05) is 0 Å². The Morgan fingerprint density at radius 3 is 0.931 bits per heavy atom. The minimum absolute atomic E-state index is 0. The topological polar surface area (TPSA) is 0 Å². The van der Waals surface area contributed by atoms with Gasteiger partial charge in [0.2, 0.25) is 0 Å². The Morgan fingerprint density at radius 1 is 0.552 bits per heavy atom. The van der Waals surface area contributed by atoms with E-state index in [9.17, 15) is 0 Å². The zero-order chi connectivity index (χ0) is 22.0. The van der Waals surface area contributed by atoms with E-state index in [0.717, 1.165) is 12.8 Å². The van der Waals surface area contributed by atoms with Gasteiger partial charge >= 0.3 is 17.1 Å². The zero-order valence-electron chi connectivity index (χ0n) is 21.0. The predicted molar refractivity (Wildman–Crippen MR) is 134 cm³/mol. The maximum absolute atomic E-state index is 3.50.